The van der Waals surface area contributed by atoms with Crippen molar-refractivity contribution in [3.8, 4) is 0 Å². The molecule has 1 aromatic rings. The predicted molar refractivity (Wildman–Crippen MR) is 93.4 cm³/mol. The van der Waals surface area contributed by atoms with Crippen molar-refractivity contribution >= 4 is 17.3 Å². The first-order valence-corrected chi connectivity index (χ1v) is 8.93. The maximum absolute atomic E-state index is 6.01. The number of nitrogens with two attached hydrogens (primary N) is 1. The largest absolute Gasteiger partial charge is 0.376 e. The second-order valence-electron chi connectivity index (χ2n) is 5.89. The zero-order chi connectivity index (χ0) is 15.9. The second-order valence-corrected chi connectivity index (χ2v) is 6.87. The zero-order valence-corrected chi connectivity index (χ0v) is 14.6. The molecule has 3 unspecified atom stereocenters. The molecular weight excluding hydrogens is 296 g/mol. The first-order chi connectivity index (χ1) is 10.6. The highest BCUT2D eigenvalue weighted by molar-refractivity contribution is 7.10. The van der Waals surface area contributed by atoms with Gasteiger partial charge >= 0.3 is 0 Å². The standard InChI is InChI=1S/C16H28N4OS/c1-4-12(2)19-16(17)18-10-14(15-6-5-9-22-15)20-7-8-21-13(3)11-20/h5-6,9,12-14H,4,7-8,10-11H2,1-3H3,(H3,17,18,19). The summed E-state index contributed by atoms with van der Waals surface area (Å²) in [4.78, 5) is 8.38. The number of morpholine rings is 1. The number of nitrogens with one attached hydrogen (secondary N) is 1. The minimum atomic E-state index is 0.274. The van der Waals surface area contributed by atoms with E-state index in [9.17, 15) is 0 Å². The molecule has 1 saturated heterocycles. The summed E-state index contributed by atoms with van der Waals surface area (Å²) in [6.07, 6.45) is 1.31. The van der Waals surface area contributed by atoms with Crippen molar-refractivity contribution in [1.29, 1.82) is 0 Å². The molecule has 0 aromatic carbocycles. The number of nitrogens with zero attached hydrogens (tertiary/aromatic N) is 2. The monoisotopic (exact) mass is 324 g/mol. The molecule has 0 radical (unpaired) electrons. The van der Waals surface area contributed by atoms with Gasteiger partial charge in [-0.15, -0.1) is 11.3 Å². The summed E-state index contributed by atoms with van der Waals surface area (Å²) < 4.78 is 5.66. The van der Waals surface area contributed by atoms with Crippen molar-refractivity contribution in [3.63, 3.8) is 0 Å². The zero-order valence-electron chi connectivity index (χ0n) is 13.8. The van der Waals surface area contributed by atoms with E-state index in [1.807, 2.05) is 0 Å². The maximum Gasteiger partial charge on any atom is 0.188 e. The molecule has 6 heteroatoms. The number of hydrogen-bond acceptors (Lipinski definition) is 4. The first kappa shape index (κ1) is 17.2. The summed E-state index contributed by atoms with van der Waals surface area (Å²) in [6, 6.07) is 4.92. The average Bonchev–Trinajstić information content (AvgIpc) is 3.01. The Morgan fingerprint density at radius 1 is 1.64 bits per heavy atom. The molecule has 0 amide bonds. The highest BCUT2D eigenvalue weighted by atomic mass is 32.1. The summed E-state index contributed by atoms with van der Waals surface area (Å²) in [6.45, 7) is 9.73. The lowest BCUT2D eigenvalue weighted by Gasteiger charge is -2.36. The highest BCUT2D eigenvalue weighted by Gasteiger charge is 2.26. The Balaban J connectivity index is 2.04. The van der Waals surface area contributed by atoms with Gasteiger partial charge in [0.1, 0.15) is 0 Å². The van der Waals surface area contributed by atoms with Gasteiger partial charge in [-0.25, -0.2) is 0 Å². The van der Waals surface area contributed by atoms with Crippen molar-refractivity contribution in [2.75, 3.05) is 26.2 Å². The van der Waals surface area contributed by atoms with Crippen molar-refractivity contribution in [2.45, 2.75) is 45.4 Å². The smallest absolute Gasteiger partial charge is 0.188 e. The van der Waals surface area contributed by atoms with Crippen LogP contribution in [0.1, 0.15) is 38.1 Å². The Kier molecular flexibility index (Phi) is 6.67. The van der Waals surface area contributed by atoms with E-state index in [2.05, 4.69) is 53.5 Å². The summed E-state index contributed by atoms with van der Waals surface area (Å²) in [7, 11) is 0. The predicted octanol–water partition coefficient (Wildman–Crippen LogP) is 2.21. The molecule has 22 heavy (non-hydrogen) atoms. The maximum atomic E-state index is 6.01. The Morgan fingerprint density at radius 3 is 3.09 bits per heavy atom. The van der Waals surface area contributed by atoms with E-state index in [0.29, 0.717) is 18.5 Å². The summed E-state index contributed by atoms with van der Waals surface area (Å²) in [5.41, 5.74) is 6.01. The van der Waals surface area contributed by atoms with Gasteiger partial charge in [0, 0.05) is 24.0 Å². The third kappa shape index (κ3) is 4.97. The molecule has 1 aliphatic rings. The molecule has 0 bridgehead atoms. The minimum absolute atomic E-state index is 0.274. The molecule has 3 atom stereocenters. The van der Waals surface area contributed by atoms with Gasteiger partial charge in [-0.3, -0.25) is 9.89 Å². The second kappa shape index (κ2) is 8.50. The summed E-state index contributed by atoms with van der Waals surface area (Å²) in [5, 5.41) is 5.35. The number of rotatable bonds is 6. The fourth-order valence-electron chi connectivity index (χ4n) is 2.58. The van der Waals surface area contributed by atoms with E-state index in [1.165, 1.54) is 4.88 Å². The van der Waals surface area contributed by atoms with Gasteiger partial charge in [-0.1, -0.05) is 13.0 Å². The van der Waals surface area contributed by atoms with Crippen LogP contribution in [0.25, 0.3) is 0 Å². The summed E-state index contributed by atoms with van der Waals surface area (Å²) in [5.74, 6) is 0.539. The van der Waals surface area contributed by atoms with E-state index in [-0.39, 0.29) is 12.1 Å². The van der Waals surface area contributed by atoms with E-state index in [0.717, 1.165) is 26.1 Å². The van der Waals surface area contributed by atoms with Crippen LogP contribution in [0.3, 0.4) is 0 Å². The van der Waals surface area contributed by atoms with Gasteiger partial charge in [0.2, 0.25) is 0 Å². The van der Waals surface area contributed by atoms with Crippen molar-refractivity contribution in [2.24, 2.45) is 10.7 Å². The van der Waals surface area contributed by atoms with Crippen molar-refractivity contribution in [3.05, 3.63) is 22.4 Å². The van der Waals surface area contributed by atoms with Crippen LogP contribution in [-0.4, -0.2) is 49.2 Å². The first-order valence-electron chi connectivity index (χ1n) is 8.05. The topological polar surface area (TPSA) is 62.9 Å². The van der Waals surface area contributed by atoms with Crippen LogP contribution in [0.2, 0.25) is 0 Å². The number of aliphatic imine (C=N–C) groups is 1. The molecule has 5 nitrogen and oxygen atoms in total. The van der Waals surface area contributed by atoms with Crippen LogP contribution in [0, 0.1) is 0 Å². The van der Waals surface area contributed by atoms with Gasteiger partial charge in [-0.05, 0) is 31.7 Å². The van der Waals surface area contributed by atoms with Gasteiger partial charge in [0.25, 0.3) is 0 Å². The fourth-order valence-corrected chi connectivity index (χ4v) is 3.43. The van der Waals surface area contributed by atoms with Crippen LogP contribution in [0.5, 0.6) is 0 Å². The lowest BCUT2D eigenvalue weighted by atomic mass is 10.1. The number of guanidine groups is 1. The molecule has 1 aromatic heterocycles. The number of thiophene rings is 1. The van der Waals surface area contributed by atoms with Crippen LogP contribution in [0.15, 0.2) is 22.5 Å². The van der Waals surface area contributed by atoms with E-state index >= 15 is 0 Å². The third-order valence-electron chi connectivity index (χ3n) is 4.03. The van der Waals surface area contributed by atoms with E-state index in [1.54, 1.807) is 11.3 Å². The van der Waals surface area contributed by atoms with Crippen LogP contribution in [-0.2, 0) is 4.74 Å². The Labute approximate surface area is 137 Å². The van der Waals surface area contributed by atoms with Crippen molar-refractivity contribution in [1.82, 2.24) is 10.2 Å². The van der Waals surface area contributed by atoms with Gasteiger partial charge < -0.3 is 15.8 Å². The molecule has 0 saturated carbocycles. The van der Waals surface area contributed by atoms with Crippen molar-refractivity contribution < 1.29 is 4.74 Å². The van der Waals surface area contributed by atoms with Gasteiger partial charge in [-0.2, -0.15) is 0 Å². The molecule has 1 fully saturated rings. The molecular formula is C16H28N4OS. The average molecular weight is 324 g/mol. The molecule has 1 aliphatic heterocycles. The van der Waals surface area contributed by atoms with Gasteiger partial charge in [0.05, 0.1) is 25.3 Å². The summed E-state index contributed by atoms with van der Waals surface area (Å²) >= 11 is 1.78. The van der Waals surface area contributed by atoms with Gasteiger partial charge in [0.15, 0.2) is 5.96 Å². The van der Waals surface area contributed by atoms with Crippen LogP contribution >= 0.6 is 11.3 Å². The Hall–Kier alpha value is -1.11. The van der Waals surface area contributed by atoms with Crippen LogP contribution in [0.4, 0.5) is 0 Å². The molecule has 0 spiro atoms. The molecule has 2 rings (SSSR count). The number of ether oxygens (including phenoxy) is 1. The third-order valence-corrected chi connectivity index (χ3v) is 5.00. The fraction of sp³-hybridized carbons (Fsp3) is 0.688. The Morgan fingerprint density at radius 2 is 2.45 bits per heavy atom. The molecule has 0 aliphatic carbocycles. The lowest BCUT2D eigenvalue weighted by molar-refractivity contribution is -0.0327. The molecule has 2 heterocycles. The van der Waals surface area contributed by atoms with E-state index in [4.69, 9.17) is 10.5 Å². The highest BCUT2D eigenvalue weighted by Crippen LogP contribution is 2.27. The van der Waals surface area contributed by atoms with Crippen LogP contribution < -0.4 is 11.1 Å². The van der Waals surface area contributed by atoms with E-state index < -0.39 is 0 Å². The SMILES string of the molecule is CCC(C)NC(N)=NCC(c1cccs1)N1CCOC(C)C1. The number of hydrogen-bond donors (Lipinski definition) is 2. The minimum Gasteiger partial charge on any atom is -0.376 e. The Bertz CT molecular complexity index is 463. The normalized spacial score (nSPS) is 23.2. The molecule has 124 valence electrons. The lowest BCUT2D eigenvalue weighted by Crippen LogP contribution is -2.44. The molecule has 3 N–H and O–H groups in total. The quantitative estimate of drug-likeness (QED) is 0.622.